The van der Waals surface area contributed by atoms with Crippen LogP contribution >= 0.6 is 11.5 Å². The van der Waals surface area contributed by atoms with Crippen molar-refractivity contribution in [3.8, 4) is 0 Å². The summed E-state index contributed by atoms with van der Waals surface area (Å²) in [5.41, 5.74) is 5.42. The van der Waals surface area contributed by atoms with Gasteiger partial charge in [0.05, 0.1) is 11.1 Å². The Morgan fingerprint density at radius 1 is 1.75 bits per heavy atom. The van der Waals surface area contributed by atoms with Gasteiger partial charge >= 0.3 is 0 Å². The van der Waals surface area contributed by atoms with Crippen molar-refractivity contribution in [2.24, 2.45) is 5.73 Å². The van der Waals surface area contributed by atoms with Crippen molar-refractivity contribution in [3.05, 3.63) is 11.1 Å². The fourth-order valence-corrected chi connectivity index (χ4v) is 1.33. The summed E-state index contributed by atoms with van der Waals surface area (Å²) in [5.74, 6) is 0. The maximum absolute atomic E-state index is 5.42. The van der Waals surface area contributed by atoms with Crippen molar-refractivity contribution >= 4 is 11.5 Å². The van der Waals surface area contributed by atoms with Gasteiger partial charge in [0.2, 0.25) is 0 Å². The predicted molar refractivity (Wildman–Crippen MR) is 49.9 cm³/mol. The van der Waals surface area contributed by atoms with Crippen LogP contribution in [0, 0.1) is 0 Å². The second-order valence-electron chi connectivity index (χ2n) is 2.74. The van der Waals surface area contributed by atoms with Crippen molar-refractivity contribution in [1.29, 1.82) is 0 Å². The van der Waals surface area contributed by atoms with E-state index in [4.69, 9.17) is 5.73 Å². The van der Waals surface area contributed by atoms with E-state index >= 15 is 0 Å². The van der Waals surface area contributed by atoms with Crippen LogP contribution in [0.25, 0.3) is 0 Å². The molecule has 0 bridgehead atoms. The first-order valence-electron chi connectivity index (χ1n) is 4.02. The van der Waals surface area contributed by atoms with Crippen LogP contribution in [0.1, 0.15) is 18.2 Å². The van der Waals surface area contributed by atoms with Crippen molar-refractivity contribution in [2.75, 3.05) is 6.54 Å². The second kappa shape index (κ2) is 5.18. The SMILES string of the molecule is CC(CCN)NCc1cnns1. The lowest BCUT2D eigenvalue weighted by Crippen LogP contribution is -2.27. The molecule has 0 aromatic carbocycles. The highest BCUT2D eigenvalue weighted by atomic mass is 32.1. The smallest absolute Gasteiger partial charge is 0.0666 e. The van der Waals surface area contributed by atoms with Crippen LogP contribution in [0.2, 0.25) is 0 Å². The van der Waals surface area contributed by atoms with Gasteiger partial charge in [-0.2, -0.15) is 0 Å². The normalized spacial score (nSPS) is 13.2. The monoisotopic (exact) mass is 186 g/mol. The van der Waals surface area contributed by atoms with E-state index in [-0.39, 0.29) is 0 Å². The molecular formula is C7H14N4S. The highest BCUT2D eigenvalue weighted by molar-refractivity contribution is 7.05. The zero-order valence-corrected chi connectivity index (χ0v) is 7.97. The molecule has 0 saturated carbocycles. The molecule has 1 unspecified atom stereocenters. The Kier molecular flexibility index (Phi) is 4.13. The topological polar surface area (TPSA) is 63.8 Å². The summed E-state index contributed by atoms with van der Waals surface area (Å²) in [6, 6.07) is 0.470. The Morgan fingerprint density at radius 3 is 3.17 bits per heavy atom. The molecule has 1 heterocycles. The summed E-state index contributed by atoms with van der Waals surface area (Å²) < 4.78 is 3.77. The average molecular weight is 186 g/mol. The number of nitrogens with one attached hydrogen (secondary N) is 1. The van der Waals surface area contributed by atoms with Gasteiger partial charge in [0.1, 0.15) is 0 Å². The van der Waals surface area contributed by atoms with Gasteiger partial charge in [-0.1, -0.05) is 4.49 Å². The summed E-state index contributed by atoms with van der Waals surface area (Å²) in [7, 11) is 0. The third-order valence-corrected chi connectivity index (χ3v) is 2.29. The van der Waals surface area contributed by atoms with Crippen LogP contribution in [0.5, 0.6) is 0 Å². The molecule has 0 radical (unpaired) electrons. The summed E-state index contributed by atoms with van der Waals surface area (Å²) >= 11 is 1.43. The largest absolute Gasteiger partial charge is 0.330 e. The van der Waals surface area contributed by atoms with Crippen molar-refractivity contribution in [1.82, 2.24) is 14.9 Å². The van der Waals surface area contributed by atoms with E-state index in [0.717, 1.165) is 19.5 Å². The van der Waals surface area contributed by atoms with E-state index in [1.165, 1.54) is 16.4 Å². The van der Waals surface area contributed by atoms with Crippen LogP contribution in [0.15, 0.2) is 6.20 Å². The number of hydrogen-bond donors (Lipinski definition) is 2. The molecule has 0 aliphatic carbocycles. The zero-order chi connectivity index (χ0) is 8.81. The zero-order valence-electron chi connectivity index (χ0n) is 7.16. The van der Waals surface area contributed by atoms with Crippen LogP contribution in [-0.2, 0) is 6.54 Å². The molecule has 68 valence electrons. The minimum atomic E-state index is 0.470. The average Bonchev–Trinajstić information content (AvgIpc) is 2.53. The highest BCUT2D eigenvalue weighted by Gasteiger charge is 2.00. The van der Waals surface area contributed by atoms with Gasteiger partial charge in [-0.15, -0.1) is 5.10 Å². The Labute approximate surface area is 76.3 Å². The van der Waals surface area contributed by atoms with Gasteiger partial charge in [0, 0.05) is 12.6 Å². The molecule has 12 heavy (non-hydrogen) atoms. The maximum atomic E-state index is 5.42. The number of aromatic nitrogens is 2. The number of rotatable bonds is 5. The lowest BCUT2D eigenvalue weighted by atomic mass is 10.2. The lowest BCUT2D eigenvalue weighted by molar-refractivity contribution is 0.522. The van der Waals surface area contributed by atoms with E-state index < -0.39 is 0 Å². The fourth-order valence-electron chi connectivity index (χ4n) is 0.892. The first-order valence-corrected chi connectivity index (χ1v) is 4.80. The Morgan fingerprint density at radius 2 is 2.58 bits per heavy atom. The minimum absolute atomic E-state index is 0.470. The summed E-state index contributed by atoms with van der Waals surface area (Å²) in [6.45, 7) is 3.70. The number of nitrogens with zero attached hydrogens (tertiary/aromatic N) is 2. The van der Waals surface area contributed by atoms with Crippen molar-refractivity contribution in [3.63, 3.8) is 0 Å². The predicted octanol–water partition coefficient (Wildman–Crippen LogP) is 0.365. The fraction of sp³-hybridized carbons (Fsp3) is 0.714. The van der Waals surface area contributed by atoms with Gasteiger partial charge < -0.3 is 11.1 Å². The maximum Gasteiger partial charge on any atom is 0.0666 e. The molecule has 4 nitrogen and oxygen atoms in total. The molecule has 1 aromatic rings. The third-order valence-electron chi connectivity index (χ3n) is 1.63. The molecule has 0 aliphatic rings. The number of nitrogens with two attached hydrogens (primary N) is 1. The van der Waals surface area contributed by atoms with Gasteiger partial charge in [0.25, 0.3) is 0 Å². The van der Waals surface area contributed by atoms with Crippen LogP contribution in [-0.4, -0.2) is 22.2 Å². The molecule has 3 N–H and O–H groups in total. The Hall–Kier alpha value is -0.520. The second-order valence-corrected chi connectivity index (χ2v) is 3.61. The summed E-state index contributed by atoms with van der Waals surface area (Å²) in [4.78, 5) is 1.17. The molecule has 0 amide bonds. The van der Waals surface area contributed by atoms with Crippen LogP contribution in [0.4, 0.5) is 0 Å². The molecule has 1 aromatic heterocycles. The highest BCUT2D eigenvalue weighted by Crippen LogP contribution is 2.01. The van der Waals surface area contributed by atoms with E-state index in [2.05, 4.69) is 21.8 Å². The molecule has 0 spiro atoms. The van der Waals surface area contributed by atoms with Gasteiger partial charge in [-0.25, -0.2) is 0 Å². The molecule has 0 fully saturated rings. The van der Waals surface area contributed by atoms with E-state index in [9.17, 15) is 0 Å². The van der Waals surface area contributed by atoms with Gasteiger partial charge in [-0.3, -0.25) is 0 Å². The molecule has 0 aliphatic heterocycles. The van der Waals surface area contributed by atoms with E-state index in [0.29, 0.717) is 6.04 Å². The minimum Gasteiger partial charge on any atom is -0.330 e. The van der Waals surface area contributed by atoms with E-state index in [1.807, 2.05) is 0 Å². The van der Waals surface area contributed by atoms with Gasteiger partial charge in [0.15, 0.2) is 0 Å². The molecule has 5 heteroatoms. The molecule has 0 saturated heterocycles. The standard InChI is InChI=1S/C7H14N4S/c1-6(2-3-8)9-4-7-5-10-11-12-7/h5-6,9H,2-4,8H2,1H3. The summed E-state index contributed by atoms with van der Waals surface area (Å²) in [6.07, 6.45) is 2.79. The Balaban J connectivity index is 2.17. The molecule has 1 rings (SSSR count). The third kappa shape index (κ3) is 3.25. The molecular weight excluding hydrogens is 172 g/mol. The van der Waals surface area contributed by atoms with Crippen molar-refractivity contribution < 1.29 is 0 Å². The number of hydrogen-bond acceptors (Lipinski definition) is 5. The van der Waals surface area contributed by atoms with Gasteiger partial charge in [-0.05, 0) is 31.4 Å². The first kappa shape index (κ1) is 9.57. The van der Waals surface area contributed by atoms with Crippen LogP contribution in [0.3, 0.4) is 0 Å². The lowest BCUT2D eigenvalue weighted by Gasteiger charge is -2.10. The van der Waals surface area contributed by atoms with Crippen molar-refractivity contribution in [2.45, 2.75) is 25.9 Å². The Bertz CT molecular complexity index is 199. The quantitative estimate of drug-likeness (QED) is 0.697. The first-order chi connectivity index (χ1) is 5.83. The van der Waals surface area contributed by atoms with E-state index in [1.54, 1.807) is 6.20 Å². The molecule has 1 atom stereocenters. The van der Waals surface area contributed by atoms with Crippen LogP contribution < -0.4 is 11.1 Å². The summed E-state index contributed by atoms with van der Waals surface area (Å²) in [5, 5.41) is 7.09.